The Balaban J connectivity index is 1.38. The molecule has 0 fully saturated rings. The van der Waals surface area contributed by atoms with Gasteiger partial charge >= 0.3 is 6.03 Å². The van der Waals surface area contributed by atoms with Crippen molar-refractivity contribution in [2.24, 2.45) is 0 Å². The van der Waals surface area contributed by atoms with E-state index in [4.69, 9.17) is 4.74 Å². The van der Waals surface area contributed by atoms with Crippen molar-refractivity contribution in [3.8, 4) is 11.6 Å². The number of urea groups is 1. The number of hydrogen-bond donors (Lipinski definition) is 2. The maximum Gasteiger partial charge on any atom is 0.315 e. The lowest BCUT2D eigenvalue weighted by molar-refractivity contribution is 0.236. The van der Waals surface area contributed by atoms with E-state index in [1.807, 2.05) is 18.2 Å². The van der Waals surface area contributed by atoms with Crippen LogP contribution in [0.15, 0.2) is 66.9 Å². The van der Waals surface area contributed by atoms with Crippen LogP contribution in [-0.2, 0) is 13.0 Å². The molecule has 2 amide bonds. The molecule has 0 radical (unpaired) electrons. The number of carbonyl (C=O) groups is 1. The van der Waals surface area contributed by atoms with Crippen LogP contribution in [0.4, 0.5) is 9.18 Å². The highest BCUT2D eigenvalue weighted by molar-refractivity contribution is 5.74. The Morgan fingerprint density at radius 2 is 2.04 bits per heavy atom. The average molecular weight is 377 g/mol. The Kier molecular flexibility index (Phi) is 5.19. The quantitative estimate of drug-likeness (QED) is 0.688. The molecule has 1 unspecified atom stereocenters. The van der Waals surface area contributed by atoms with Gasteiger partial charge < -0.3 is 15.4 Å². The van der Waals surface area contributed by atoms with Crippen molar-refractivity contribution in [2.75, 3.05) is 0 Å². The molecule has 1 aliphatic carbocycles. The van der Waals surface area contributed by atoms with E-state index in [0.717, 1.165) is 12.8 Å². The third-order valence-corrected chi connectivity index (χ3v) is 4.74. The summed E-state index contributed by atoms with van der Waals surface area (Å²) in [7, 11) is 0. The van der Waals surface area contributed by atoms with Crippen LogP contribution in [0.5, 0.6) is 11.6 Å². The third-order valence-electron chi connectivity index (χ3n) is 4.74. The number of amides is 2. The molecule has 5 nitrogen and oxygen atoms in total. The Labute approximate surface area is 162 Å². The summed E-state index contributed by atoms with van der Waals surface area (Å²) >= 11 is 0. The van der Waals surface area contributed by atoms with Crippen LogP contribution >= 0.6 is 0 Å². The molecule has 4 rings (SSSR count). The summed E-state index contributed by atoms with van der Waals surface area (Å²) in [4.78, 5) is 16.6. The van der Waals surface area contributed by atoms with E-state index in [9.17, 15) is 9.18 Å². The minimum absolute atomic E-state index is 0.0214. The monoisotopic (exact) mass is 377 g/mol. The average Bonchev–Trinajstić information content (AvgIpc) is 3.10. The van der Waals surface area contributed by atoms with Gasteiger partial charge in [-0.25, -0.2) is 14.2 Å². The second kappa shape index (κ2) is 8.08. The highest BCUT2D eigenvalue weighted by Crippen LogP contribution is 2.30. The van der Waals surface area contributed by atoms with Crippen molar-refractivity contribution < 1.29 is 13.9 Å². The summed E-state index contributed by atoms with van der Waals surface area (Å²) in [5, 5.41) is 5.87. The lowest BCUT2D eigenvalue weighted by Gasteiger charge is -2.15. The number of halogens is 1. The number of carbonyl (C=O) groups excluding carboxylic acids is 1. The van der Waals surface area contributed by atoms with Gasteiger partial charge in [0, 0.05) is 24.4 Å². The lowest BCUT2D eigenvalue weighted by Crippen LogP contribution is -2.37. The van der Waals surface area contributed by atoms with Gasteiger partial charge in [-0.15, -0.1) is 0 Å². The predicted octanol–water partition coefficient (Wildman–Crippen LogP) is 4.50. The standard InChI is InChI=1S/C22H20FN3O2/c23-17-7-3-8-18(13-17)28-21-16(6-4-12-24-21)14-25-22(27)26-20-11-10-15-5-1-2-9-19(15)20/h1-9,12-13,20H,10-11,14H2,(H2,25,26,27). The molecular weight excluding hydrogens is 357 g/mol. The van der Waals surface area contributed by atoms with Crippen LogP contribution in [0, 0.1) is 5.82 Å². The maximum atomic E-state index is 13.4. The van der Waals surface area contributed by atoms with Crippen LogP contribution in [0.25, 0.3) is 0 Å². The summed E-state index contributed by atoms with van der Waals surface area (Å²) in [6, 6.07) is 17.4. The summed E-state index contributed by atoms with van der Waals surface area (Å²) < 4.78 is 19.0. The first-order valence-corrected chi connectivity index (χ1v) is 9.18. The smallest absolute Gasteiger partial charge is 0.315 e. The molecule has 0 saturated heterocycles. The van der Waals surface area contributed by atoms with Crippen LogP contribution in [-0.4, -0.2) is 11.0 Å². The van der Waals surface area contributed by atoms with Crippen molar-refractivity contribution in [1.29, 1.82) is 0 Å². The van der Waals surface area contributed by atoms with Gasteiger partial charge in [0.1, 0.15) is 11.6 Å². The molecule has 3 aromatic rings. The first-order chi connectivity index (χ1) is 13.7. The molecule has 142 valence electrons. The largest absolute Gasteiger partial charge is 0.439 e. The SMILES string of the molecule is O=C(NCc1cccnc1Oc1cccc(F)c1)NC1CCc2ccccc21. The summed E-state index contributed by atoms with van der Waals surface area (Å²) in [5.41, 5.74) is 3.16. The number of rotatable bonds is 5. The van der Waals surface area contributed by atoms with Crippen molar-refractivity contribution in [3.63, 3.8) is 0 Å². The zero-order chi connectivity index (χ0) is 19.3. The minimum Gasteiger partial charge on any atom is -0.439 e. The van der Waals surface area contributed by atoms with Gasteiger partial charge in [-0.3, -0.25) is 0 Å². The fraction of sp³-hybridized carbons (Fsp3) is 0.182. The molecule has 0 saturated carbocycles. The fourth-order valence-electron chi connectivity index (χ4n) is 3.38. The number of nitrogens with one attached hydrogen (secondary N) is 2. The van der Waals surface area contributed by atoms with Gasteiger partial charge in [0.2, 0.25) is 5.88 Å². The normalized spacial score (nSPS) is 15.0. The molecule has 0 spiro atoms. The topological polar surface area (TPSA) is 63.2 Å². The van der Waals surface area contributed by atoms with Gasteiger partial charge in [0.15, 0.2) is 0 Å². The number of hydrogen-bond acceptors (Lipinski definition) is 3. The van der Waals surface area contributed by atoms with E-state index in [-0.39, 0.29) is 24.4 Å². The van der Waals surface area contributed by atoms with Gasteiger partial charge in [-0.1, -0.05) is 36.4 Å². The Morgan fingerprint density at radius 3 is 2.93 bits per heavy atom. The number of ether oxygens (including phenoxy) is 1. The Hall–Kier alpha value is -3.41. The number of nitrogens with zero attached hydrogens (tertiary/aromatic N) is 1. The van der Waals surface area contributed by atoms with Gasteiger partial charge in [0.05, 0.1) is 6.04 Å². The highest BCUT2D eigenvalue weighted by atomic mass is 19.1. The molecule has 1 aliphatic rings. The van der Waals surface area contributed by atoms with Crippen molar-refractivity contribution >= 4 is 6.03 Å². The number of fused-ring (bicyclic) bond motifs is 1. The van der Waals surface area contributed by atoms with Crippen LogP contribution in [0.1, 0.15) is 29.2 Å². The summed E-state index contributed by atoms with van der Waals surface area (Å²) in [6.07, 6.45) is 3.45. The first kappa shape index (κ1) is 18.0. The Morgan fingerprint density at radius 1 is 1.14 bits per heavy atom. The van der Waals surface area contributed by atoms with Crippen LogP contribution in [0.2, 0.25) is 0 Å². The van der Waals surface area contributed by atoms with E-state index < -0.39 is 0 Å². The number of benzene rings is 2. The van der Waals surface area contributed by atoms with Crippen LogP contribution < -0.4 is 15.4 Å². The molecule has 28 heavy (non-hydrogen) atoms. The molecular formula is C22H20FN3O2. The van der Waals surface area contributed by atoms with Crippen molar-refractivity contribution in [3.05, 3.63) is 89.4 Å². The van der Waals surface area contributed by atoms with E-state index in [0.29, 0.717) is 17.2 Å². The second-order valence-corrected chi connectivity index (χ2v) is 6.64. The number of aryl methyl sites for hydroxylation is 1. The highest BCUT2D eigenvalue weighted by Gasteiger charge is 2.23. The maximum absolute atomic E-state index is 13.4. The molecule has 2 N–H and O–H groups in total. The molecule has 6 heteroatoms. The summed E-state index contributed by atoms with van der Waals surface area (Å²) in [5.74, 6) is 0.302. The molecule has 2 aromatic carbocycles. The first-order valence-electron chi connectivity index (χ1n) is 9.18. The van der Waals surface area contributed by atoms with E-state index in [1.54, 1.807) is 24.4 Å². The van der Waals surface area contributed by atoms with Gasteiger partial charge in [0.25, 0.3) is 0 Å². The minimum atomic E-state index is -0.385. The summed E-state index contributed by atoms with van der Waals surface area (Å²) in [6.45, 7) is 0.249. The second-order valence-electron chi connectivity index (χ2n) is 6.64. The molecule has 0 bridgehead atoms. The molecule has 1 atom stereocenters. The van der Waals surface area contributed by atoms with Crippen molar-refractivity contribution in [1.82, 2.24) is 15.6 Å². The van der Waals surface area contributed by atoms with E-state index >= 15 is 0 Å². The third kappa shape index (κ3) is 4.11. The predicted molar refractivity (Wildman–Crippen MR) is 104 cm³/mol. The molecule has 0 aliphatic heterocycles. The fourth-order valence-corrected chi connectivity index (χ4v) is 3.38. The van der Waals surface area contributed by atoms with Gasteiger partial charge in [-0.2, -0.15) is 0 Å². The lowest BCUT2D eigenvalue weighted by atomic mass is 10.1. The molecule has 1 aromatic heterocycles. The van der Waals surface area contributed by atoms with Crippen molar-refractivity contribution in [2.45, 2.75) is 25.4 Å². The van der Waals surface area contributed by atoms with E-state index in [1.165, 1.54) is 23.3 Å². The van der Waals surface area contributed by atoms with Crippen LogP contribution in [0.3, 0.4) is 0 Å². The zero-order valence-electron chi connectivity index (χ0n) is 15.2. The number of aromatic nitrogens is 1. The Bertz CT molecular complexity index is 993. The van der Waals surface area contributed by atoms with Gasteiger partial charge in [-0.05, 0) is 42.2 Å². The van der Waals surface area contributed by atoms with E-state index in [2.05, 4.69) is 27.8 Å². The zero-order valence-corrected chi connectivity index (χ0v) is 15.2. The number of pyridine rings is 1. The molecule has 1 heterocycles.